The van der Waals surface area contributed by atoms with E-state index in [9.17, 15) is 9.00 Å². The minimum atomic E-state index is -0.860. The molecule has 0 spiro atoms. The lowest BCUT2D eigenvalue weighted by molar-refractivity contribution is -0.138. The second kappa shape index (κ2) is 5.48. The van der Waals surface area contributed by atoms with Crippen molar-refractivity contribution < 1.29 is 18.8 Å². The summed E-state index contributed by atoms with van der Waals surface area (Å²) in [6.45, 7) is 1.56. The SMILES string of the molecule is O=C(O)CC1(CS(=O)CC2CCOCC2)CC1. The van der Waals surface area contributed by atoms with Crippen LogP contribution >= 0.6 is 0 Å². The van der Waals surface area contributed by atoms with Crippen molar-refractivity contribution in [2.75, 3.05) is 24.7 Å². The van der Waals surface area contributed by atoms with Crippen LogP contribution in [0.3, 0.4) is 0 Å². The Morgan fingerprint density at radius 3 is 2.53 bits per heavy atom. The predicted octanol–water partition coefficient (Wildman–Crippen LogP) is 1.42. The van der Waals surface area contributed by atoms with Gasteiger partial charge in [0.1, 0.15) is 0 Å². The number of carboxylic acids is 1. The molecule has 0 radical (unpaired) electrons. The molecule has 1 saturated carbocycles. The molecule has 1 heterocycles. The first-order valence-corrected chi connectivity index (χ1v) is 7.73. The second-order valence-corrected chi connectivity index (χ2v) is 6.88. The van der Waals surface area contributed by atoms with Crippen molar-refractivity contribution in [2.24, 2.45) is 11.3 Å². The highest BCUT2D eigenvalue weighted by atomic mass is 32.2. The zero-order valence-electron chi connectivity index (χ0n) is 10.0. The molecule has 5 heteroatoms. The summed E-state index contributed by atoms with van der Waals surface area (Å²) < 4.78 is 17.3. The fourth-order valence-electron chi connectivity index (χ4n) is 2.45. The minimum absolute atomic E-state index is 0.137. The summed E-state index contributed by atoms with van der Waals surface area (Å²) in [5, 5.41) is 8.81. The molecule has 1 atom stereocenters. The molecule has 1 aliphatic heterocycles. The summed E-state index contributed by atoms with van der Waals surface area (Å²) in [4.78, 5) is 10.7. The summed E-state index contributed by atoms with van der Waals surface area (Å²) in [6.07, 6.45) is 4.04. The van der Waals surface area contributed by atoms with Crippen LogP contribution < -0.4 is 0 Å². The van der Waals surface area contributed by atoms with Crippen LogP contribution in [0.25, 0.3) is 0 Å². The van der Waals surface area contributed by atoms with Crippen LogP contribution in [0, 0.1) is 11.3 Å². The lowest BCUT2D eigenvalue weighted by atomic mass is 10.0. The summed E-state index contributed by atoms with van der Waals surface area (Å²) in [7, 11) is -0.860. The number of carbonyl (C=O) groups is 1. The maximum absolute atomic E-state index is 12.0. The normalized spacial score (nSPS) is 25.4. The predicted molar refractivity (Wildman–Crippen MR) is 65.3 cm³/mol. The molecule has 0 aromatic rings. The molecule has 1 unspecified atom stereocenters. The lowest BCUT2D eigenvalue weighted by Crippen LogP contribution is -2.25. The standard InChI is InChI=1S/C12H20O4S/c13-11(14)7-12(3-4-12)9-17(15)8-10-1-5-16-6-2-10/h10H,1-9H2,(H,13,14). The van der Waals surface area contributed by atoms with Gasteiger partial charge < -0.3 is 9.84 Å². The second-order valence-electron chi connectivity index (χ2n) is 5.38. The first-order valence-electron chi connectivity index (χ1n) is 6.24. The van der Waals surface area contributed by atoms with E-state index in [2.05, 4.69) is 0 Å². The third-order valence-corrected chi connectivity index (χ3v) is 5.49. The van der Waals surface area contributed by atoms with Crippen LogP contribution in [0.15, 0.2) is 0 Å². The van der Waals surface area contributed by atoms with Gasteiger partial charge in [0.25, 0.3) is 0 Å². The van der Waals surface area contributed by atoms with Gasteiger partial charge >= 0.3 is 5.97 Å². The van der Waals surface area contributed by atoms with E-state index < -0.39 is 16.8 Å². The molecule has 0 aromatic heterocycles. The van der Waals surface area contributed by atoms with Gasteiger partial charge in [-0.2, -0.15) is 0 Å². The van der Waals surface area contributed by atoms with E-state index in [-0.39, 0.29) is 11.8 Å². The van der Waals surface area contributed by atoms with Crippen LogP contribution in [0.5, 0.6) is 0 Å². The van der Waals surface area contributed by atoms with Gasteiger partial charge in [-0.05, 0) is 37.0 Å². The number of ether oxygens (including phenoxy) is 1. The molecule has 17 heavy (non-hydrogen) atoms. The van der Waals surface area contributed by atoms with E-state index in [1.807, 2.05) is 0 Å². The smallest absolute Gasteiger partial charge is 0.303 e. The first kappa shape index (κ1) is 13.0. The van der Waals surface area contributed by atoms with Crippen molar-refractivity contribution in [3.8, 4) is 0 Å². The van der Waals surface area contributed by atoms with Gasteiger partial charge in [0.05, 0.1) is 6.42 Å². The largest absolute Gasteiger partial charge is 0.481 e. The third kappa shape index (κ3) is 4.07. The van der Waals surface area contributed by atoms with Gasteiger partial charge in [-0.3, -0.25) is 9.00 Å². The molecule has 2 fully saturated rings. The zero-order valence-corrected chi connectivity index (χ0v) is 10.8. The van der Waals surface area contributed by atoms with Crippen LogP contribution in [0.2, 0.25) is 0 Å². The van der Waals surface area contributed by atoms with Gasteiger partial charge in [0.15, 0.2) is 0 Å². The number of carboxylic acid groups (broad SMARTS) is 1. The van der Waals surface area contributed by atoms with E-state index >= 15 is 0 Å². The van der Waals surface area contributed by atoms with Gasteiger partial charge in [0.2, 0.25) is 0 Å². The first-order chi connectivity index (χ1) is 8.10. The fraction of sp³-hybridized carbons (Fsp3) is 0.917. The summed E-state index contributed by atoms with van der Waals surface area (Å²) in [5.41, 5.74) is -0.137. The molecule has 98 valence electrons. The molecular weight excluding hydrogens is 240 g/mol. The monoisotopic (exact) mass is 260 g/mol. The highest BCUT2D eigenvalue weighted by molar-refractivity contribution is 7.85. The maximum atomic E-state index is 12.0. The molecule has 0 aromatic carbocycles. The number of hydrogen-bond acceptors (Lipinski definition) is 3. The number of hydrogen-bond donors (Lipinski definition) is 1. The zero-order chi connectivity index (χ0) is 12.3. The van der Waals surface area contributed by atoms with Crippen molar-refractivity contribution in [1.29, 1.82) is 0 Å². The van der Waals surface area contributed by atoms with Gasteiger partial charge in [-0.1, -0.05) is 0 Å². The molecule has 4 nitrogen and oxygen atoms in total. The lowest BCUT2D eigenvalue weighted by Gasteiger charge is -2.22. The van der Waals surface area contributed by atoms with Crippen molar-refractivity contribution in [2.45, 2.75) is 32.1 Å². The molecule has 0 bridgehead atoms. The Labute approximate surface area is 104 Å². The van der Waals surface area contributed by atoms with Crippen molar-refractivity contribution in [3.63, 3.8) is 0 Å². The summed E-state index contributed by atoms with van der Waals surface area (Å²) >= 11 is 0. The highest BCUT2D eigenvalue weighted by Crippen LogP contribution is 2.49. The van der Waals surface area contributed by atoms with Crippen LogP contribution in [-0.2, 0) is 20.3 Å². The Morgan fingerprint density at radius 2 is 2.00 bits per heavy atom. The maximum Gasteiger partial charge on any atom is 0.303 e. The van der Waals surface area contributed by atoms with Crippen LogP contribution in [0.1, 0.15) is 32.1 Å². The van der Waals surface area contributed by atoms with E-state index in [4.69, 9.17) is 9.84 Å². The van der Waals surface area contributed by atoms with Gasteiger partial charge in [-0.15, -0.1) is 0 Å². The third-order valence-electron chi connectivity index (χ3n) is 3.71. The Balaban J connectivity index is 1.75. The van der Waals surface area contributed by atoms with E-state index in [1.54, 1.807) is 0 Å². The quantitative estimate of drug-likeness (QED) is 0.784. The Hall–Kier alpha value is -0.420. The average molecular weight is 260 g/mol. The van der Waals surface area contributed by atoms with Crippen LogP contribution in [0.4, 0.5) is 0 Å². The van der Waals surface area contributed by atoms with Gasteiger partial charge in [0, 0.05) is 35.5 Å². The highest BCUT2D eigenvalue weighted by Gasteiger charge is 2.45. The fourth-order valence-corrected chi connectivity index (χ4v) is 4.50. The number of aliphatic carboxylic acids is 1. The molecule has 1 N–H and O–H groups in total. The Bertz CT molecular complexity index is 306. The molecule has 1 saturated heterocycles. The minimum Gasteiger partial charge on any atom is -0.481 e. The molecule has 0 amide bonds. The van der Waals surface area contributed by atoms with E-state index in [1.165, 1.54) is 0 Å². The van der Waals surface area contributed by atoms with Crippen molar-refractivity contribution in [3.05, 3.63) is 0 Å². The van der Waals surface area contributed by atoms with Gasteiger partial charge in [-0.25, -0.2) is 0 Å². The summed E-state index contributed by atoms with van der Waals surface area (Å²) in [5.74, 6) is 1.05. The van der Waals surface area contributed by atoms with Crippen molar-refractivity contribution >= 4 is 16.8 Å². The van der Waals surface area contributed by atoms with E-state index in [0.29, 0.717) is 11.7 Å². The summed E-state index contributed by atoms with van der Waals surface area (Å²) in [6, 6.07) is 0. The van der Waals surface area contributed by atoms with Crippen molar-refractivity contribution in [1.82, 2.24) is 0 Å². The molecular formula is C12H20O4S. The number of rotatable bonds is 6. The Kier molecular flexibility index (Phi) is 4.20. The Morgan fingerprint density at radius 1 is 1.35 bits per heavy atom. The molecule has 1 aliphatic carbocycles. The topological polar surface area (TPSA) is 63.6 Å². The molecule has 2 aliphatic rings. The van der Waals surface area contributed by atoms with E-state index in [0.717, 1.165) is 44.6 Å². The molecule has 2 rings (SSSR count). The average Bonchev–Trinajstić information content (AvgIpc) is 2.97. The van der Waals surface area contributed by atoms with Crippen LogP contribution in [-0.4, -0.2) is 40.0 Å².